The average molecular weight is 425 g/mol. The monoisotopic (exact) mass is 424 g/mol. The molecule has 1 aromatic carbocycles. The average Bonchev–Trinajstić information content (AvgIpc) is 3.38. The number of carbonyl (C=O) groups excluding carboxylic acids is 2. The van der Waals surface area contributed by atoms with Crippen molar-refractivity contribution in [1.29, 1.82) is 0 Å². The summed E-state index contributed by atoms with van der Waals surface area (Å²) in [6.07, 6.45) is 7.94. The number of nitrogens with one attached hydrogen (secondary N) is 1. The molecule has 1 aromatic rings. The van der Waals surface area contributed by atoms with Crippen molar-refractivity contribution in [1.82, 2.24) is 10.2 Å². The second kappa shape index (κ2) is 9.51. The number of benzene rings is 1. The molecular formula is C24H32N4O3. The summed E-state index contributed by atoms with van der Waals surface area (Å²) in [6.45, 7) is 6.55. The second-order valence-electron chi connectivity index (χ2n) is 9.40. The van der Waals surface area contributed by atoms with Gasteiger partial charge in [-0.3, -0.25) is 4.79 Å². The normalized spacial score (nSPS) is 21.4. The van der Waals surface area contributed by atoms with E-state index in [-0.39, 0.29) is 24.0 Å². The molecule has 0 unspecified atom stereocenters. The van der Waals surface area contributed by atoms with Crippen LogP contribution in [0.3, 0.4) is 0 Å². The third-order valence-corrected chi connectivity index (χ3v) is 5.58. The lowest BCUT2D eigenvalue weighted by Crippen LogP contribution is -2.42. The van der Waals surface area contributed by atoms with Crippen LogP contribution in [0.5, 0.6) is 0 Å². The molecule has 1 N–H and O–H groups in total. The van der Waals surface area contributed by atoms with E-state index in [0.717, 1.165) is 6.42 Å². The molecule has 0 aliphatic carbocycles. The summed E-state index contributed by atoms with van der Waals surface area (Å²) < 4.78 is 5.54. The second-order valence-corrected chi connectivity index (χ2v) is 9.40. The van der Waals surface area contributed by atoms with Gasteiger partial charge < -0.3 is 15.0 Å². The Morgan fingerprint density at radius 2 is 1.94 bits per heavy atom. The van der Waals surface area contributed by atoms with Crippen LogP contribution in [0, 0.1) is 18.3 Å². The molecule has 1 saturated heterocycles. The standard InChI is InChI=1S/C24H32N4O3/c1-5-6-13-24(26-27-24)14-12-21(29)25-20-17-28(22(30)31-23(2,3)4)16-19(20)15-18-10-8-7-9-11-18/h1,7-11,19-20H,6,12-17H2,2-4H3,(H,25,29)/t19-,20+/m1/s1. The zero-order valence-electron chi connectivity index (χ0n) is 18.6. The molecule has 0 spiro atoms. The lowest BCUT2D eigenvalue weighted by atomic mass is 9.94. The molecule has 0 radical (unpaired) electrons. The van der Waals surface area contributed by atoms with Gasteiger partial charge in [0.2, 0.25) is 5.91 Å². The predicted molar refractivity (Wildman–Crippen MR) is 118 cm³/mol. The quantitative estimate of drug-likeness (QED) is 0.642. The van der Waals surface area contributed by atoms with Crippen LogP contribution < -0.4 is 5.32 Å². The van der Waals surface area contributed by atoms with Crippen molar-refractivity contribution >= 4 is 12.0 Å². The third-order valence-electron chi connectivity index (χ3n) is 5.58. The van der Waals surface area contributed by atoms with Crippen LogP contribution in [-0.4, -0.2) is 47.3 Å². The first-order valence-corrected chi connectivity index (χ1v) is 10.9. The Morgan fingerprint density at radius 3 is 2.55 bits per heavy atom. The van der Waals surface area contributed by atoms with Crippen molar-refractivity contribution in [2.75, 3.05) is 13.1 Å². The molecule has 0 aromatic heterocycles. The highest BCUT2D eigenvalue weighted by Crippen LogP contribution is 2.37. The van der Waals surface area contributed by atoms with Crippen molar-refractivity contribution in [3.63, 3.8) is 0 Å². The lowest BCUT2D eigenvalue weighted by molar-refractivity contribution is -0.122. The predicted octanol–water partition coefficient (Wildman–Crippen LogP) is 3.94. The minimum Gasteiger partial charge on any atom is -0.444 e. The van der Waals surface area contributed by atoms with Crippen molar-refractivity contribution in [3.05, 3.63) is 35.9 Å². The molecular weight excluding hydrogens is 392 g/mol. The Morgan fingerprint density at radius 1 is 1.23 bits per heavy atom. The number of hydrogen-bond donors (Lipinski definition) is 1. The van der Waals surface area contributed by atoms with Gasteiger partial charge in [0.15, 0.2) is 5.66 Å². The Balaban J connectivity index is 1.60. The van der Waals surface area contributed by atoms with E-state index in [1.54, 1.807) is 4.90 Å². The fourth-order valence-electron chi connectivity index (χ4n) is 3.89. The van der Waals surface area contributed by atoms with E-state index in [1.165, 1.54) is 5.56 Å². The highest BCUT2D eigenvalue weighted by atomic mass is 16.6. The van der Waals surface area contributed by atoms with Crippen LogP contribution >= 0.6 is 0 Å². The topological polar surface area (TPSA) is 83.4 Å². The van der Waals surface area contributed by atoms with E-state index in [1.807, 2.05) is 39.0 Å². The van der Waals surface area contributed by atoms with Crippen LogP contribution in [0.25, 0.3) is 0 Å². The minimum atomic E-state index is -0.558. The largest absolute Gasteiger partial charge is 0.444 e. The van der Waals surface area contributed by atoms with Gasteiger partial charge in [-0.15, -0.1) is 12.3 Å². The first-order valence-electron chi connectivity index (χ1n) is 10.9. The van der Waals surface area contributed by atoms with Crippen molar-refractivity contribution in [2.45, 2.75) is 70.2 Å². The SMILES string of the molecule is C#CCCC1(CCC(=O)N[C@H]2CN(C(=O)OC(C)(C)C)C[C@H]2Cc2ccccc2)N=N1. The Hall–Kier alpha value is -2.88. The number of nitrogens with zero attached hydrogens (tertiary/aromatic N) is 3. The molecule has 0 saturated carbocycles. The van der Waals surface area contributed by atoms with Gasteiger partial charge >= 0.3 is 6.09 Å². The highest BCUT2D eigenvalue weighted by Gasteiger charge is 2.41. The molecule has 2 atom stereocenters. The molecule has 31 heavy (non-hydrogen) atoms. The fourth-order valence-corrected chi connectivity index (χ4v) is 3.89. The summed E-state index contributed by atoms with van der Waals surface area (Å²) in [5.41, 5.74) is 0.157. The number of carbonyl (C=O) groups is 2. The number of ether oxygens (including phenoxy) is 1. The van der Waals surface area contributed by atoms with Gasteiger partial charge in [0.05, 0.1) is 6.04 Å². The molecule has 2 amide bonds. The maximum Gasteiger partial charge on any atom is 0.410 e. The number of likely N-dealkylation sites (tertiary alicyclic amines) is 1. The van der Waals surface area contributed by atoms with Crippen LogP contribution in [0.2, 0.25) is 0 Å². The van der Waals surface area contributed by atoms with Crippen molar-refractivity contribution < 1.29 is 14.3 Å². The zero-order chi connectivity index (χ0) is 22.5. The first kappa shape index (κ1) is 22.8. The molecule has 2 heterocycles. The molecule has 3 rings (SSSR count). The zero-order valence-corrected chi connectivity index (χ0v) is 18.6. The van der Waals surface area contributed by atoms with E-state index >= 15 is 0 Å². The maximum absolute atomic E-state index is 12.7. The van der Waals surface area contributed by atoms with E-state index in [9.17, 15) is 9.59 Å². The summed E-state index contributed by atoms with van der Waals surface area (Å²) in [7, 11) is 0. The van der Waals surface area contributed by atoms with E-state index < -0.39 is 11.3 Å². The van der Waals surface area contributed by atoms with E-state index in [0.29, 0.717) is 38.8 Å². The smallest absolute Gasteiger partial charge is 0.410 e. The molecule has 7 nitrogen and oxygen atoms in total. The van der Waals surface area contributed by atoms with Crippen molar-refractivity contribution in [3.8, 4) is 12.3 Å². The molecule has 0 bridgehead atoms. The fraction of sp³-hybridized carbons (Fsp3) is 0.583. The number of rotatable bonds is 8. The van der Waals surface area contributed by atoms with Gasteiger partial charge in [-0.25, -0.2) is 4.79 Å². The van der Waals surface area contributed by atoms with Gasteiger partial charge in [0.25, 0.3) is 0 Å². The van der Waals surface area contributed by atoms with Crippen molar-refractivity contribution in [2.24, 2.45) is 16.1 Å². The summed E-state index contributed by atoms with van der Waals surface area (Å²) in [4.78, 5) is 27.0. The van der Waals surface area contributed by atoms with Crippen LogP contribution in [0.1, 0.15) is 52.0 Å². The Bertz CT molecular complexity index is 848. The maximum atomic E-state index is 12.7. The number of amides is 2. The van der Waals surface area contributed by atoms with Crippen LogP contribution in [-0.2, 0) is 16.0 Å². The molecule has 2 aliphatic rings. The third kappa shape index (κ3) is 6.81. The summed E-state index contributed by atoms with van der Waals surface area (Å²) in [5.74, 6) is 2.67. The van der Waals surface area contributed by atoms with E-state index in [4.69, 9.17) is 11.2 Å². The first-order chi connectivity index (χ1) is 14.7. The molecule has 7 heteroatoms. The Labute approximate surface area is 184 Å². The van der Waals surface area contributed by atoms with Crippen LogP contribution in [0.15, 0.2) is 40.6 Å². The van der Waals surface area contributed by atoms with Gasteiger partial charge in [0.1, 0.15) is 5.60 Å². The van der Waals surface area contributed by atoms with Gasteiger partial charge in [-0.05, 0) is 32.8 Å². The van der Waals surface area contributed by atoms with E-state index in [2.05, 4.69) is 33.6 Å². The summed E-state index contributed by atoms with van der Waals surface area (Å²) in [5, 5.41) is 11.3. The highest BCUT2D eigenvalue weighted by molar-refractivity contribution is 5.77. The number of hydrogen-bond acceptors (Lipinski definition) is 5. The number of terminal acetylenes is 1. The van der Waals surface area contributed by atoms with Gasteiger partial charge in [0, 0.05) is 44.7 Å². The lowest BCUT2D eigenvalue weighted by Gasteiger charge is -2.24. The molecule has 2 aliphatic heterocycles. The van der Waals surface area contributed by atoms with Gasteiger partial charge in [-0.1, -0.05) is 30.3 Å². The molecule has 1 fully saturated rings. The van der Waals surface area contributed by atoms with Crippen LogP contribution in [0.4, 0.5) is 4.79 Å². The Kier molecular flexibility index (Phi) is 6.99. The molecule has 166 valence electrons. The summed E-state index contributed by atoms with van der Waals surface area (Å²) in [6, 6.07) is 9.99. The van der Waals surface area contributed by atoms with Gasteiger partial charge in [-0.2, -0.15) is 10.2 Å². The minimum absolute atomic E-state index is 0.0496. The summed E-state index contributed by atoms with van der Waals surface area (Å²) >= 11 is 0.